The van der Waals surface area contributed by atoms with E-state index in [4.69, 9.17) is 5.73 Å². The number of rotatable bonds is 6. The molecule has 1 unspecified atom stereocenters. The van der Waals surface area contributed by atoms with Gasteiger partial charge in [-0.1, -0.05) is 43.0 Å². The zero-order chi connectivity index (χ0) is 18.4. The lowest BCUT2D eigenvalue weighted by molar-refractivity contribution is 0.102. The maximum absolute atomic E-state index is 12.4. The van der Waals surface area contributed by atoms with Crippen LogP contribution in [-0.2, 0) is 0 Å². The van der Waals surface area contributed by atoms with Crippen molar-refractivity contribution in [2.45, 2.75) is 6.04 Å². The summed E-state index contributed by atoms with van der Waals surface area (Å²) < 4.78 is 0. The highest BCUT2D eigenvalue weighted by molar-refractivity contribution is 6.06. The predicted octanol–water partition coefficient (Wildman–Crippen LogP) is 2.34. The predicted molar refractivity (Wildman–Crippen MR) is 102 cm³/mol. The maximum atomic E-state index is 12.4. The number of hydrogen-bond acceptors (Lipinski definition) is 6. The van der Waals surface area contributed by atoms with Crippen LogP contribution in [-0.4, -0.2) is 28.1 Å². The highest BCUT2D eigenvalue weighted by Gasteiger charge is 2.21. The molecular weight excluding hydrogens is 326 g/mol. The summed E-state index contributed by atoms with van der Waals surface area (Å²) in [7, 11) is 0. The molecule has 0 amide bonds. The summed E-state index contributed by atoms with van der Waals surface area (Å²) in [6, 6.07) is 8.94. The minimum absolute atomic E-state index is 0.0453. The van der Waals surface area contributed by atoms with Gasteiger partial charge >= 0.3 is 0 Å². The molecule has 0 radical (unpaired) electrons. The van der Waals surface area contributed by atoms with Crippen LogP contribution in [0.25, 0.3) is 0 Å². The Morgan fingerprint density at radius 3 is 2.62 bits per heavy atom. The van der Waals surface area contributed by atoms with Crippen molar-refractivity contribution >= 4 is 11.6 Å². The Hall–Kier alpha value is -3.54. The summed E-state index contributed by atoms with van der Waals surface area (Å²) in [5, 5.41) is 3.32. The van der Waals surface area contributed by atoms with Gasteiger partial charge in [0.25, 0.3) is 0 Å². The van der Waals surface area contributed by atoms with Crippen LogP contribution in [0.2, 0.25) is 0 Å². The monoisotopic (exact) mass is 345 g/mol. The topological polar surface area (TPSA) is 93.3 Å². The highest BCUT2D eigenvalue weighted by atomic mass is 16.1. The van der Waals surface area contributed by atoms with E-state index in [0.29, 0.717) is 12.1 Å². The number of hydrogen-bond donors (Lipinski definition) is 2. The molecule has 0 saturated heterocycles. The average molecular weight is 345 g/mol. The van der Waals surface area contributed by atoms with Gasteiger partial charge in [0.2, 0.25) is 11.6 Å². The van der Waals surface area contributed by atoms with E-state index in [-0.39, 0.29) is 17.6 Å². The first-order valence-electron chi connectivity index (χ1n) is 8.17. The number of nitrogens with two attached hydrogens (primary N) is 1. The van der Waals surface area contributed by atoms with Crippen LogP contribution >= 0.6 is 0 Å². The lowest BCUT2D eigenvalue weighted by Gasteiger charge is -2.12. The molecule has 0 saturated carbocycles. The quantitative estimate of drug-likeness (QED) is 0.619. The average Bonchev–Trinajstić information content (AvgIpc) is 3.19. The summed E-state index contributed by atoms with van der Waals surface area (Å²) in [4.78, 5) is 25.3. The van der Waals surface area contributed by atoms with Gasteiger partial charge in [-0.05, 0) is 18.4 Å². The Balaban J connectivity index is 1.71. The minimum Gasteiger partial charge on any atom is -0.405 e. The first-order valence-corrected chi connectivity index (χ1v) is 8.17. The van der Waals surface area contributed by atoms with Gasteiger partial charge in [0.15, 0.2) is 0 Å². The number of nitrogens with zero attached hydrogens (tertiary/aromatic N) is 3. The summed E-state index contributed by atoms with van der Waals surface area (Å²) >= 11 is 0. The van der Waals surface area contributed by atoms with E-state index in [1.165, 1.54) is 6.20 Å². The van der Waals surface area contributed by atoms with Crippen LogP contribution in [0.1, 0.15) is 27.8 Å². The van der Waals surface area contributed by atoms with Gasteiger partial charge in [-0.25, -0.2) is 9.97 Å². The second-order valence-electron chi connectivity index (χ2n) is 5.63. The fourth-order valence-electron chi connectivity index (χ4n) is 2.56. The molecule has 6 nitrogen and oxygen atoms in total. The molecule has 1 aliphatic rings. The molecule has 1 aliphatic heterocycles. The summed E-state index contributed by atoms with van der Waals surface area (Å²) in [6.45, 7) is 4.35. The number of ketones is 1. The molecule has 0 bridgehead atoms. The highest BCUT2D eigenvalue weighted by Crippen LogP contribution is 2.19. The van der Waals surface area contributed by atoms with Crippen LogP contribution in [0.5, 0.6) is 0 Å². The van der Waals surface area contributed by atoms with Gasteiger partial charge < -0.3 is 11.1 Å². The largest absolute Gasteiger partial charge is 0.405 e. The lowest BCUT2D eigenvalue weighted by Crippen LogP contribution is -2.24. The Labute approximate surface area is 151 Å². The van der Waals surface area contributed by atoms with Crippen molar-refractivity contribution in [3.8, 4) is 0 Å². The van der Waals surface area contributed by atoms with Gasteiger partial charge in [-0.15, -0.1) is 0 Å². The molecule has 130 valence electrons. The summed E-state index contributed by atoms with van der Waals surface area (Å²) in [6.07, 6.45) is 10.0. The summed E-state index contributed by atoms with van der Waals surface area (Å²) in [5.74, 6) is 0.727. The molecule has 1 aromatic heterocycles. The number of benzene rings is 1. The van der Waals surface area contributed by atoms with E-state index in [9.17, 15) is 4.79 Å². The fourth-order valence-corrected chi connectivity index (χ4v) is 2.56. The molecule has 2 heterocycles. The van der Waals surface area contributed by atoms with E-state index in [2.05, 4.69) is 26.9 Å². The molecule has 0 fully saturated rings. The van der Waals surface area contributed by atoms with E-state index < -0.39 is 0 Å². The van der Waals surface area contributed by atoms with Crippen molar-refractivity contribution in [2.75, 3.05) is 6.54 Å². The van der Waals surface area contributed by atoms with Crippen molar-refractivity contribution < 1.29 is 4.79 Å². The maximum Gasteiger partial charge on any atom is 0.230 e. The molecule has 2 aromatic rings. The molecule has 0 aliphatic carbocycles. The van der Waals surface area contributed by atoms with Gasteiger partial charge in [0, 0.05) is 29.1 Å². The van der Waals surface area contributed by atoms with Crippen LogP contribution in [0.4, 0.5) is 0 Å². The second kappa shape index (κ2) is 8.02. The number of carbonyl (C=O) groups excluding carboxylic acids is 1. The van der Waals surface area contributed by atoms with Gasteiger partial charge in [-0.2, -0.15) is 0 Å². The van der Waals surface area contributed by atoms with Crippen molar-refractivity contribution in [1.29, 1.82) is 0 Å². The number of nitrogens with one attached hydrogen (secondary N) is 1. The second-order valence-corrected chi connectivity index (χ2v) is 5.63. The zero-order valence-corrected chi connectivity index (χ0v) is 14.2. The third-order valence-electron chi connectivity index (χ3n) is 3.94. The SMILES string of the molecule is C=C/C(=C\C=C/N)C1=NCC(c2cnc(C(=O)c3ccccc3)nc2)N1. The third-order valence-corrected chi connectivity index (χ3v) is 3.94. The molecular formula is C20H19N5O. The number of amidine groups is 1. The van der Waals surface area contributed by atoms with Crippen LogP contribution < -0.4 is 11.1 Å². The van der Waals surface area contributed by atoms with Crippen molar-refractivity contribution in [3.63, 3.8) is 0 Å². The fraction of sp³-hybridized carbons (Fsp3) is 0.100. The molecule has 3 N–H and O–H groups in total. The smallest absolute Gasteiger partial charge is 0.230 e. The van der Waals surface area contributed by atoms with Gasteiger partial charge in [0.1, 0.15) is 5.84 Å². The molecule has 1 atom stereocenters. The minimum atomic E-state index is -0.195. The lowest BCUT2D eigenvalue weighted by atomic mass is 10.1. The van der Waals surface area contributed by atoms with Crippen LogP contribution in [0.15, 0.2) is 84.3 Å². The Bertz CT molecular complexity index is 882. The van der Waals surface area contributed by atoms with E-state index >= 15 is 0 Å². The van der Waals surface area contributed by atoms with Gasteiger partial charge in [0.05, 0.1) is 12.6 Å². The Kier molecular flexibility index (Phi) is 5.34. The van der Waals surface area contributed by atoms with Gasteiger partial charge in [-0.3, -0.25) is 9.79 Å². The standard InChI is InChI=1S/C20H19N5O/c1-2-14(9-6-10-21)19-24-13-17(25-19)16-11-22-20(23-12-16)18(26)15-7-4-3-5-8-15/h2-12,17H,1,13,21H2,(H,24,25)/b10-6-,14-9+. The van der Waals surface area contributed by atoms with Crippen LogP contribution in [0, 0.1) is 0 Å². The number of aliphatic imine (C=N–C) groups is 1. The number of aromatic nitrogens is 2. The van der Waals surface area contributed by atoms with E-state index in [1.807, 2.05) is 24.3 Å². The number of carbonyl (C=O) groups is 1. The summed E-state index contributed by atoms with van der Waals surface area (Å²) in [5.41, 5.74) is 7.65. The first-order chi connectivity index (χ1) is 12.7. The number of allylic oxidation sites excluding steroid dienone is 2. The molecule has 1 aromatic carbocycles. The Morgan fingerprint density at radius 2 is 1.96 bits per heavy atom. The zero-order valence-electron chi connectivity index (χ0n) is 14.2. The molecule has 6 heteroatoms. The van der Waals surface area contributed by atoms with E-state index in [0.717, 1.165) is 17.0 Å². The van der Waals surface area contributed by atoms with Crippen molar-refractivity contribution in [2.24, 2.45) is 10.7 Å². The molecule has 26 heavy (non-hydrogen) atoms. The van der Waals surface area contributed by atoms with Crippen molar-refractivity contribution in [3.05, 3.63) is 96.3 Å². The van der Waals surface area contributed by atoms with Crippen LogP contribution in [0.3, 0.4) is 0 Å². The third kappa shape index (κ3) is 3.75. The van der Waals surface area contributed by atoms with E-state index in [1.54, 1.807) is 36.7 Å². The first kappa shape index (κ1) is 17.3. The normalized spacial score (nSPS) is 17.0. The molecule has 3 rings (SSSR count). The Morgan fingerprint density at radius 1 is 1.23 bits per heavy atom. The molecule has 0 spiro atoms. The van der Waals surface area contributed by atoms with Crippen molar-refractivity contribution in [1.82, 2.24) is 15.3 Å².